The van der Waals surface area contributed by atoms with Gasteiger partial charge in [-0.05, 0) is 42.9 Å². The summed E-state index contributed by atoms with van der Waals surface area (Å²) in [5, 5.41) is 3.19. The van der Waals surface area contributed by atoms with Crippen molar-refractivity contribution in [3.63, 3.8) is 0 Å². The highest BCUT2D eigenvalue weighted by Crippen LogP contribution is 2.50. The van der Waals surface area contributed by atoms with Gasteiger partial charge in [0.25, 0.3) is 0 Å². The summed E-state index contributed by atoms with van der Waals surface area (Å²) in [7, 11) is -0.764. The summed E-state index contributed by atoms with van der Waals surface area (Å²) in [5.41, 5.74) is 0. The van der Waals surface area contributed by atoms with Crippen LogP contribution < -0.4 is 0 Å². The van der Waals surface area contributed by atoms with E-state index >= 15 is 0 Å². The van der Waals surface area contributed by atoms with Crippen molar-refractivity contribution in [2.24, 2.45) is 23.7 Å². The Morgan fingerprint density at radius 1 is 0.889 bits per heavy atom. The second-order valence-corrected chi connectivity index (χ2v) is 41.0. The minimum Gasteiger partial charge on any atom is -0.191 e. The van der Waals surface area contributed by atoms with Gasteiger partial charge in [-0.1, -0.05) is 29.8 Å². The molecule has 2 aliphatic carbocycles. The lowest BCUT2D eigenvalue weighted by Gasteiger charge is -2.35. The fourth-order valence-corrected chi connectivity index (χ4v) is 11.9. The van der Waals surface area contributed by atoms with Crippen molar-refractivity contribution in [3.8, 4) is 0 Å². The molecule has 0 aromatic carbocycles. The van der Waals surface area contributed by atoms with Crippen molar-refractivity contribution in [1.29, 1.82) is 0 Å². The molecule has 0 aromatic rings. The van der Waals surface area contributed by atoms with Gasteiger partial charge in [0.2, 0.25) is 0 Å². The first kappa shape index (κ1) is 18.3. The maximum Gasteiger partial charge on any atom is 0.446 e. The summed E-state index contributed by atoms with van der Waals surface area (Å²) in [6.45, 7) is 0. The molecule has 0 saturated heterocycles. The fourth-order valence-electron chi connectivity index (χ4n) is 4.08. The van der Waals surface area contributed by atoms with E-state index in [1.54, 1.807) is 49.1 Å². The molecule has 0 aliphatic heterocycles. The van der Waals surface area contributed by atoms with E-state index in [9.17, 15) is 0 Å². The first-order valence-electron chi connectivity index (χ1n) is 7.12. The van der Waals surface area contributed by atoms with Crippen LogP contribution in [0.2, 0.25) is 10.6 Å². The van der Waals surface area contributed by atoms with E-state index in [0.29, 0.717) is 0 Å². The fraction of sp³-hybridized carbons (Fsp3) is 1.00. The molecule has 102 valence electrons. The minimum absolute atomic E-state index is 0.366. The van der Waals surface area contributed by atoms with E-state index < -0.39 is 7.58 Å². The van der Waals surface area contributed by atoms with E-state index in [1.165, 1.54) is 0 Å². The SMILES string of the molecule is [I][Al]([I])[CH2]CC1CCC2CCC([CH2][Al]([I])[I])C2C1. The molecule has 4 atom stereocenters. The summed E-state index contributed by atoms with van der Waals surface area (Å²) < 4.78 is 0. The van der Waals surface area contributed by atoms with Crippen LogP contribution in [0.4, 0.5) is 0 Å². The van der Waals surface area contributed by atoms with Crippen LogP contribution in [0.1, 0.15) is 38.5 Å². The van der Waals surface area contributed by atoms with Crippen molar-refractivity contribution in [2.75, 3.05) is 0 Å². The molecule has 0 aromatic heterocycles. The smallest absolute Gasteiger partial charge is 0.191 e. The van der Waals surface area contributed by atoms with Crippen LogP contribution >= 0.6 is 81.1 Å². The predicted octanol–water partition coefficient (Wildman–Crippen LogP) is 6.54. The Bertz CT molecular complexity index is 262. The van der Waals surface area contributed by atoms with Gasteiger partial charge in [0.15, 0.2) is 0 Å². The van der Waals surface area contributed by atoms with Gasteiger partial charge in [-0.15, -0.1) is 0 Å². The largest absolute Gasteiger partial charge is 0.446 e. The van der Waals surface area contributed by atoms with Crippen LogP contribution in [-0.2, 0) is 0 Å². The third-order valence-corrected chi connectivity index (χ3v) is 13.5. The zero-order chi connectivity index (χ0) is 13.1. The van der Waals surface area contributed by atoms with Crippen molar-refractivity contribution in [2.45, 2.75) is 49.1 Å². The van der Waals surface area contributed by atoms with E-state index in [2.05, 4.69) is 81.1 Å². The Morgan fingerprint density at radius 3 is 2.28 bits per heavy atom. The van der Waals surface area contributed by atoms with E-state index in [0.717, 1.165) is 23.7 Å². The molecular weight excluding hydrogens is 706 g/mol. The molecule has 0 amide bonds. The molecule has 0 spiro atoms. The third kappa shape index (κ3) is 5.89. The molecule has 6 heteroatoms. The third-order valence-electron chi connectivity index (χ3n) is 4.94. The second kappa shape index (κ2) is 9.32. The molecule has 0 N–H and O–H groups in total. The Balaban J connectivity index is 1.84. The van der Waals surface area contributed by atoms with Crippen LogP contribution in [0.3, 0.4) is 0 Å². The summed E-state index contributed by atoms with van der Waals surface area (Å²) in [6.07, 6.45) is 9.47. The van der Waals surface area contributed by atoms with Gasteiger partial charge in [-0.25, -0.2) is 0 Å². The van der Waals surface area contributed by atoms with Gasteiger partial charge >= 0.3 is 15.2 Å². The monoisotopic (exact) mass is 726 g/mol. The van der Waals surface area contributed by atoms with Gasteiger partial charge in [-0.3, -0.25) is 0 Å². The first-order chi connectivity index (χ1) is 8.56. The van der Waals surface area contributed by atoms with Gasteiger partial charge in [0.1, 0.15) is 0 Å². The molecule has 2 rings (SSSR count). The van der Waals surface area contributed by atoms with Crippen molar-refractivity contribution >= 4 is 96.3 Å². The van der Waals surface area contributed by atoms with E-state index in [1.807, 2.05) is 0 Å². The number of fused-ring (bicyclic) bond motifs is 1. The lowest BCUT2D eigenvalue weighted by atomic mass is 9.72. The molecular formula is C12H20Al2I4. The number of halogens is 4. The standard InChI is InChI=1S/C12H20.2Al.4HI/c1-3-10-5-7-11-6-4-9(2)12(11)8-10;;;;;;/h9-12H,1-8H2;;;4*1H/q;2*+2;;;;/p-4. The molecule has 18 heavy (non-hydrogen) atoms. The summed E-state index contributed by atoms with van der Waals surface area (Å²) in [6, 6.07) is 0. The quantitative estimate of drug-likeness (QED) is 0.224. The Kier molecular flexibility index (Phi) is 9.49. The summed E-state index contributed by atoms with van der Waals surface area (Å²) in [4.78, 5) is 0. The topological polar surface area (TPSA) is 0 Å². The molecule has 2 aliphatic rings. The van der Waals surface area contributed by atoms with Crippen LogP contribution in [0.25, 0.3) is 0 Å². The van der Waals surface area contributed by atoms with Crippen molar-refractivity contribution in [3.05, 3.63) is 0 Å². The molecule has 0 nitrogen and oxygen atoms in total. The maximum atomic E-state index is 2.76. The predicted molar refractivity (Wildman–Crippen MR) is 119 cm³/mol. The van der Waals surface area contributed by atoms with Crippen molar-refractivity contribution < 1.29 is 0 Å². The van der Waals surface area contributed by atoms with Gasteiger partial charge in [0, 0.05) is 0 Å². The molecule has 2 saturated carbocycles. The number of hydrogen-bond acceptors (Lipinski definition) is 0. The van der Waals surface area contributed by atoms with Crippen LogP contribution in [-0.4, -0.2) is 15.2 Å². The Morgan fingerprint density at radius 2 is 1.61 bits per heavy atom. The van der Waals surface area contributed by atoms with Crippen molar-refractivity contribution in [1.82, 2.24) is 0 Å². The van der Waals surface area contributed by atoms with Gasteiger partial charge < -0.3 is 0 Å². The number of hydrogen-bond donors (Lipinski definition) is 0. The molecule has 2 fully saturated rings. The molecule has 0 heterocycles. The van der Waals surface area contributed by atoms with E-state index in [-0.39, 0.29) is 7.58 Å². The van der Waals surface area contributed by atoms with Crippen LogP contribution in [0.15, 0.2) is 0 Å². The lowest BCUT2D eigenvalue weighted by Crippen LogP contribution is -2.26. The summed E-state index contributed by atoms with van der Waals surface area (Å²) in [5.74, 6) is 4.52. The highest BCUT2D eigenvalue weighted by atomic mass is 127. The van der Waals surface area contributed by atoms with Gasteiger partial charge in [0.05, 0.1) is 0 Å². The molecule has 0 radical (unpaired) electrons. The highest BCUT2D eigenvalue weighted by Gasteiger charge is 2.40. The normalized spacial score (nSPS) is 35.3. The maximum absolute atomic E-state index is 2.76. The van der Waals surface area contributed by atoms with E-state index in [4.69, 9.17) is 0 Å². The van der Waals surface area contributed by atoms with Crippen LogP contribution in [0.5, 0.6) is 0 Å². The molecule has 0 bridgehead atoms. The van der Waals surface area contributed by atoms with Crippen LogP contribution in [0, 0.1) is 23.7 Å². The average Bonchev–Trinajstić information content (AvgIpc) is 2.68. The second-order valence-electron chi connectivity index (χ2n) is 6.04. The number of rotatable bonds is 5. The zero-order valence-corrected chi connectivity index (χ0v) is 21.6. The molecule has 4 unspecified atom stereocenters. The minimum atomic E-state index is -0.399. The first-order valence-corrected chi connectivity index (χ1v) is 25.4. The van der Waals surface area contributed by atoms with Gasteiger partial charge in [-0.2, -0.15) is 81.1 Å². The Labute approximate surface area is 165 Å². The lowest BCUT2D eigenvalue weighted by molar-refractivity contribution is 0.176. The average molecular weight is 726 g/mol. The summed E-state index contributed by atoms with van der Waals surface area (Å²) >= 11 is 10.9. The highest BCUT2D eigenvalue weighted by molar-refractivity contribution is 14.3. The zero-order valence-electron chi connectivity index (χ0n) is 10.6. The Hall–Kier alpha value is 3.98.